The Balaban J connectivity index is 2.11. The van der Waals surface area contributed by atoms with Crippen LogP contribution in [0.15, 0.2) is 0 Å². The molecule has 2 heterocycles. The highest BCUT2D eigenvalue weighted by Gasteiger charge is 2.34. The minimum Gasteiger partial charge on any atom is -0.396 e. The highest BCUT2D eigenvalue weighted by atomic mass is 16.3. The highest BCUT2D eigenvalue weighted by molar-refractivity contribution is 5.50. The first-order chi connectivity index (χ1) is 11.8. The van der Waals surface area contributed by atoms with E-state index in [1.807, 2.05) is 6.92 Å². The molecule has 6 nitrogen and oxygen atoms in total. The molecule has 2 atom stereocenters. The molecule has 0 aromatic carbocycles. The summed E-state index contributed by atoms with van der Waals surface area (Å²) in [4.78, 5) is 16.2. The number of hydrogen-bond acceptors (Lipinski definition) is 6. The standard InChI is InChI=1S/C19H35N5O/c1-7-18-14(2)20-15(3)21-19(18)24-11-16(17(12-24)13-25)10-23(6)9-8-22(4)5/h16-17,25H,7-13H2,1-6H3/t16-,17-/m1/s1. The topological polar surface area (TPSA) is 55.7 Å². The molecule has 25 heavy (non-hydrogen) atoms. The summed E-state index contributed by atoms with van der Waals surface area (Å²) in [5.74, 6) is 2.68. The summed E-state index contributed by atoms with van der Waals surface area (Å²) in [5, 5.41) is 9.88. The summed E-state index contributed by atoms with van der Waals surface area (Å²) in [6.45, 7) is 11.4. The lowest BCUT2D eigenvalue weighted by molar-refractivity contribution is 0.171. The van der Waals surface area contributed by atoms with Crippen LogP contribution in [0.25, 0.3) is 0 Å². The Morgan fingerprint density at radius 3 is 2.36 bits per heavy atom. The third kappa shape index (κ3) is 5.12. The summed E-state index contributed by atoms with van der Waals surface area (Å²) >= 11 is 0. The van der Waals surface area contributed by atoms with Crippen LogP contribution in [0.2, 0.25) is 0 Å². The van der Waals surface area contributed by atoms with E-state index < -0.39 is 0 Å². The van der Waals surface area contributed by atoms with E-state index in [0.29, 0.717) is 11.8 Å². The molecular weight excluding hydrogens is 314 g/mol. The van der Waals surface area contributed by atoms with Crippen LogP contribution >= 0.6 is 0 Å². The first-order valence-electron chi connectivity index (χ1n) is 9.38. The molecule has 1 aliphatic rings. The van der Waals surface area contributed by atoms with Crippen LogP contribution in [0.4, 0.5) is 5.82 Å². The molecule has 0 amide bonds. The Labute approximate surface area is 152 Å². The molecule has 0 spiro atoms. The normalized spacial score (nSPS) is 20.9. The molecule has 0 saturated carbocycles. The van der Waals surface area contributed by atoms with Gasteiger partial charge < -0.3 is 19.8 Å². The maximum atomic E-state index is 9.88. The number of aliphatic hydroxyl groups is 1. The number of nitrogens with zero attached hydrogens (tertiary/aromatic N) is 5. The van der Waals surface area contributed by atoms with Gasteiger partial charge in [-0.3, -0.25) is 0 Å². The first-order valence-corrected chi connectivity index (χ1v) is 9.38. The zero-order valence-electron chi connectivity index (χ0n) is 16.8. The largest absolute Gasteiger partial charge is 0.396 e. The van der Waals surface area contributed by atoms with Crippen LogP contribution in [-0.2, 0) is 6.42 Å². The Bertz CT molecular complexity index is 563. The second kappa shape index (κ2) is 8.92. The van der Waals surface area contributed by atoms with Gasteiger partial charge >= 0.3 is 0 Å². The summed E-state index contributed by atoms with van der Waals surface area (Å²) in [7, 11) is 6.39. The van der Waals surface area contributed by atoms with E-state index in [9.17, 15) is 5.11 Å². The molecule has 1 fully saturated rings. The van der Waals surface area contributed by atoms with Crippen LogP contribution in [0.3, 0.4) is 0 Å². The monoisotopic (exact) mass is 349 g/mol. The second-order valence-corrected chi connectivity index (χ2v) is 7.69. The van der Waals surface area contributed by atoms with Crippen molar-refractivity contribution >= 4 is 5.82 Å². The summed E-state index contributed by atoms with van der Waals surface area (Å²) in [6, 6.07) is 0. The molecule has 0 bridgehead atoms. The number of rotatable bonds is 8. The highest BCUT2D eigenvalue weighted by Crippen LogP contribution is 2.31. The van der Waals surface area contributed by atoms with Gasteiger partial charge in [-0.1, -0.05) is 6.92 Å². The summed E-state index contributed by atoms with van der Waals surface area (Å²) in [5.41, 5.74) is 2.32. The van der Waals surface area contributed by atoms with E-state index >= 15 is 0 Å². The molecule has 1 aliphatic heterocycles. The molecule has 2 rings (SSSR count). The molecule has 1 aromatic heterocycles. The van der Waals surface area contributed by atoms with Gasteiger partial charge in [0.1, 0.15) is 11.6 Å². The van der Waals surface area contributed by atoms with E-state index in [1.165, 1.54) is 5.56 Å². The number of hydrogen-bond donors (Lipinski definition) is 1. The van der Waals surface area contributed by atoms with Gasteiger partial charge in [-0.05, 0) is 47.3 Å². The molecule has 1 N–H and O–H groups in total. The third-order valence-corrected chi connectivity index (χ3v) is 5.24. The van der Waals surface area contributed by atoms with Crippen LogP contribution in [0.5, 0.6) is 0 Å². The van der Waals surface area contributed by atoms with Crippen molar-refractivity contribution in [3.63, 3.8) is 0 Å². The predicted octanol–water partition coefficient (Wildman–Crippen LogP) is 1.19. The van der Waals surface area contributed by atoms with E-state index in [4.69, 9.17) is 4.98 Å². The number of aryl methyl sites for hydroxylation is 2. The third-order valence-electron chi connectivity index (χ3n) is 5.24. The van der Waals surface area contributed by atoms with Crippen molar-refractivity contribution < 1.29 is 5.11 Å². The van der Waals surface area contributed by atoms with Crippen molar-refractivity contribution in [2.45, 2.75) is 27.2 Å². The van der Waals surface area contributed by atoms with Crippen LogP contribution in [0, 0.1) is 25.7 Å². The van der Waals surface area contributed by atoms with E-state index in [1.54, 1.807) is 0 Å². The molecule has 142 valence electrons. The molecule has 1 saturated heterocycles. The van der Waals surface area contributed by atoms with Gasteiger partial charge in [0, 0.05) is 56.5 Å². The van der Waals surface area contributed by atoms with Crippen LogP contribution < -0.4 is 4.90 Å². The van der Waals surface area contributed by atoms with E-state index in [0.717, 1.165) is 56.5 Å². The van der Waals surface area contributed by atoms with Gasteiger partial charge in [0.15, 0.2) is 0 Å². The number of aliphatic hydroxyl groups excluding tert-OH is 1. The zero-order valence-corrected chi connectivity index (χ0v) is 16.8. The minimum absolute atomic E-state index is 0.243. The molecule has 0 unspecified atom stereocenters. The van der Waals surface area contributed by atoms with Gasteiger partial charge in [-0.25, -0.2) is 9.97 Å². The average molecular weight is 350 g/mol. The van der Waals surface area contributed by atoms with Gasteiger partial charge in [-0.2, -0.15) is 0 Å². The minimum atomic E-state index is 0.243. The quantitative estimate of drug-likeness (QED) is 0.761. The maximum Gasteiger partial charge on any atom is 0.135 e. The van der Waals surface area contributed by atoms with Crippen molar-refractivity contribution in [1.29, 1.82) is 0 Å². The van der Waals surface area contributed by atoms with Gasteiger partial charge in [-0.15, -0.1) is 0 Å². The summed E-state index contributed by atoms with van der Waals surface area (Å²) in [6.07, 6.45) is 0.940. The molecule has 1 aromatic rings. The van der Waals surface area contributed by atoms with Gasteiger partial charge in [0.05, 0.1) is 0 Å². The Morgan fingerprint density at radius 2 is 1.76 bits per heavy atom. The number of anilines is 1. The Hall–Kier alpha value is -1.24. The van der Waals surface area contributed by atoms with Crippen molar-refractivity contribution in [2.75, 3.05) is 65.4 Å². The van der Waals surface area contributed by atoms with Gasteiger partial charge in [0.2, 0.25) is 0 Å². The number of aromatic nitrogens is 2. The first kappa shape index (κ1) is 20.1. The molecule has 6 heteroatoms. The van der Waals surface area contributed by atoms with Crippen molar-refractivity contribution in [3.05, 3.63) is 17.1 Å². The lowest BCUT2D eigenvalue weighted by Crippen LogP contribution is -2.35. The van der Waals surface area contributed by atoms with Gasteiger partial charge in [0.25, 0.3) is 0 Å². The zero-order chi connectivity index (χ0) is 18.6. The van der Waals surface area contributed by atoms with E-state index in [-0.39, 0.29) is 6.61 Å². The smallest absolute Gasteiger partial charge is 0.135 e. The average Bonchev–Trinajstić information content (AvgIpc) is 2.95. The van der Waals surface area contributed by atoms with Crippen molar-refractivity contribution in [2.24, 2.45) is 11.8 Å². The molecular formula is C19H35N5O. The molecule has 0 radical (unpaired) electrons. The second-order valence-electron chi connectivity index (χ2n) is 7.69. The lowest BCUT2D eigenvalue weighted by atomic mass is 9.96. The molecule has 0 aliphatic carbocycles. The predicted molar refractivity (Wildman–Crippen MR) is 103 cm³/mol. The maximum absolute atomic E-state index is 9.88. The Kier molecular flexibility index (Phi) is 7.16. The van der Waals surface area contributed by atoms with Crippen LogP contribution in [0.1, 0.15) is 24.0 Å². The van der Waals surface area contributed by atoms with Crippen molar-refractivity contribution in [3.8, 4) is 0 Å². The Morgan fingerprint density at radius 1 is 1.08 bits per heavy atom. The van der Waals surface area contributed by atoms with Crippen LogP contribution in [-0.4, -0.2) is 85.3 Å². The fourth-order valence-corrected chi connectivity index (χ4v) is 3.78. The fraction of sp³-hybridized carbons (Fsp3) is 0.789. The van der Waals surface area contributed by atoms with E-state index in [2.05, 4.69) is 54.7 Å². The lowest BCUT2D eigenvalue weighted by Gasteiger charge is -2.25. The van der Waals surface area contributed by atoms with Crippen molar-refractivity contribution in [1.82, 2.24) is 19.8 Å². The fourth-order valence-electron chi connectivity index (χ4n) is 3.78. The number of likely N-dealkylation sites (N-methyl/N-ethyl adjacent to an activating group) is 2. The summed E-state index contributed by atoms with van der Waals surface area (Å²) < 4.78 is 0. The SMILES string of the molecule is CCc1c(C)nc(C)nc1N1C[C@@H](CN(C)CCN(C)C)[C@@H](CO)C1.